The van der Waals surface area contributed by atoms with Gasteiger partial charge in [0.25, 0.3) is 5.91 Å². The smallest absolute Gasteiger partial charge is 0.263 e. The number of hydrogen-bond acceptors (Lipinski definition) is 6. The van der Waals surface area contributed by atoms with Gasteiger partial charge < -0.3 is 15.3 Å². The summed E-state index contributed by atoms with van der Waals surface area (Å²) in [6.07, 6.45) is 3.11. The fraction of sp³-hybridized carbons (Fsp3) is 0.400. The number of nitrogens with one attached hydrogen (secondary N) is 1. The van der Waals surface area contributed by atoms with Crippen molar-refractivity contribution in [3.8, 4) is 10.6 Å². The summed E-state index contributed by atoms with van der Waals surface area (Å²) in [4.78, 5) is 23.6. The van der Waals surface area contributed by atoms with Gasteiger partial charge in [-0.3, -0.25) is 4.79 Å². The van der Waals surface area contributed by atoms with Gasteiger partial charge in [0.2, 0.25) is 0 Å². The third-order valence-electron chi connectivity index (χ3n) is 4.03. The number of pyridine rings is 1. The molecule has 0 aliphatic carbocycles. The van der Waals surface area contributed by atoms with E-state index in [0.29, 0.717) is 18.0 Å². The van der Waals surface area contributed by atoms with Crippen LogP contribution in [-0.4, -0.2) is 46.7 Å². The highest BCUT2D eigenvalue weighted by atomic mass is 32.1. The van der Waals surface area contributed by atoms with Crippen LogP contribution in [0.3, 0.4) is 0 Å². The quantitative estimate of drug-likeness (QED) is 0.866. The van der Waals surface area contributed by atoms with Crippen molar-refractivity contribution in [2.75, 3.05) is 24.5 Å². The first kappa shape index (κ1) is 13.7. The predicted molar refractivity (Wildman–Crippen MR) is 84.2 cm³/mol. The Labute approximate surface area is 131 Å². The topological polar surface area (TPSA) is 78.4 Å². The van der Waals surface area contributed by atoms with Gasteiger partial charge in [-0.05, 0) is 18.6 Å². The van der Waals surface area contributed by atoms with Crippen LogP contribution >= 0.6 is 11.3 Å². The van der Waals surface area contributed by atoms with Crippen molar-refractivity contribution in [3.05, 3.63) is 28.9 Å². The first-order valence-electron chi connectivity index (χ1n) is 7.38. The van der Waals surface area contributed by atoms with E-state index in [1.54, 1.807) is 6.20 Å². The molecule has 0 saturated carbocycles. The van der Waals surface area contributed by atoms with Gasteiger partial charge in [-0.25, -0.2) is 9.97 Å². The Morgan fingerprint density at radius 2 is 2.32 bits per heavy atom. The molecule has 1 atom stereocenters. The van der Waals surface area contributed by atoms with Gasteiger partial charge in [0.1, 0.15) is 15.7 Å². The third-order valence-corrected chi connectivity index (χ3v) is 5.18. The lowest BCUT2D eigenvalue weighted by atomic mass is 10.2. The number of carbonyl (C=O) groups is 1. The number of thiazole rings is 1. The van der Waals surface area contributed by atoms with Crippen molar-refractivity contribution >= 4 is 23.1 Å². The normalized spacial score (nSPS) is 20.9. The van der Waals surface area contributed by atoms with Gasteiger partial charge >= 0.3 is 0 Å². The average molecular weight is 316 g/mol. The Kier molecular flexibility index (Phi) is 3.31. The van der Waals surface area contributed by atoms with Crippen LogP contribution < -0.4 is 10.2 Å². The van der Waals surface area contributed by atoms with Crippen LogP contribution in [-0.2, 0) is 6.42 Å². The minimum atomic E-state index is -0.259. The molecule has 1 amide bonds. The molecule has 0 aromatic carbocycles. The maximum atomic E-state index is 11.8. The van der Waals surface area contributed by atoms with Crippen LogP contribution in [0.5, 0.6) is 0 Å². The van der Waals surface area contributed by atoms with Crippen molar-refractivity contribution in [3.63, 3.8) is 0 Å². The number of rotatable bonds is 2. The molecule has 0 bridgehead atoms. The number of anilines is 1. The average Bonchev–Trinajstić information content (AvgIpc) is 3.15. The molecular formula is C15H16N4O2S. The first-order chi connectivity index (χ1) is 10.7. The molecule has 2 aromatic heterocycles. The maximum absolute atomic E-state index is 11.8. The van der Waals surface area contributed by atoms with Crippen LogP contribution in [0.1, 0.15) is 21.8 Å². The SMILES string of the molecule is O=C1NCCc2nc(-c3ccc(N4CC[C@@H](O)C4)nc3)sc21. The number of aliphatic hydroxyl groups is 1. The summed E-state index contributed by atoms with van der Waals surface area (Å²) in [6, 6.07) is 3.93. The van der Waals surface area contributed by atoms with Crippen LogP contribution in [0.2, 0.25) is 0 Å². The van der Waals surface area contributed by atoms with E-state index in [1.165, 1.54) is 11.3 Å². The Balaban J connectivity index is 1.60. The van der Waals surface area contributed by atoms with Crippen LogP contribution in [0, 0.1) is 0 Å². The van der Waals surface area contributed by atoms with Crippen LogP contribution in [0.25, 0.3) is 10.6 Å². The van der Waals surface area contributed by atoms with E-state index in [9.17, 15) is 9.90 Å². The Morgan fingerprint density at radius 1 is 1.41 bits per heavy atom. The van der Waals surface area contributed by atoms with E-state index in [2.05, 4.69) is 20.2 Å². The van der Waals surface area contributed by atoms with E-state index in [4.69, 9.17) is 0 Å². The van der Waals surface area contributed by atoms with E-state index >= 15 is 0 Å². The van der Waals surface area contributed by atoms with Gasteiger partial charge in [0, 0.05) is 37.8 Å². The summed E-state index contributed by atoms with van der Waals surface area (Å²) in [5.74, 6) is 0.847. The zero-order valence-electron chi connectivity index (χ0n) is 12.0. The summed E-state index contributed by atoms with van der Waals surface area (Å²) < 4.78 is 0. The number of aliphatic hydroxyl groups excluding tert-OH is 1. The predicted octanol–water partition coefficient (Wildman–Crippen LogP) is 1.06. The summed E-state index contributed by atoms with van der Waals surface area (Å²) in [6.45, 7) is 2.13. The Morgan fingerprint density at radius 3 is 3.00 bits per heavy atom. The molecule has 2 aliphatic rings. The second-order valence-electron chi connectivity index (χ2n) is 5.59. The molecule has 4 rings (SSSR count). The number of nitrogens with zero attached hydrogens (tertiary/aromatic N) is 3. The summed E-state index contributed by atoms with van der Waals surface area (Å²) in [5.41, 5.74) is 1.81. The molecule has 2 aliphatic heterocycles. The lowest BCUT2D eigenvalue weighted by Gasteiger charge is -2.16. The molecule has 0 unspecified atom stereocenters. The zero-order chi connectivity index (χ0) is 15.1. The lowest BCUT2D eigenvalue weighted by Crippen LogP contribution is -2.30. The second kappa shape index (κ2) is 5.33. The molecule has 0 radical (unpaired) electrons. The highest BCUT2D eigenvalue weighted by Crippen LogP contribution is 2.30. The number of carbonyl (C=O) groups excluding carboxylic acids is 1. The molecule has 114 valence electrons. The summed E-state index contributed by atoms with van der Waals surface area (Å²) in [5, 5.41) is 13.3. The van der Waals surface area contributed by atoms with Crippen LogP contribution in [0.15, 0.2) is 18.3 Å². The maximum Gasteiger partial charge on any atom is 0.263 e. The number of hydrogen-bond donors (Lipinski definition) is 2. The Hall–Kier alpha value is -1.99. The van der Waals surface area contributed by atoms with Gasteiger partial charge in [0.15, 0.2) is 0 Å². The van der Waals surface area contributed by atoms with Gasteiger partial charge in [0.05, 0.1) is 11.8 Å². The molecule has 4 heterocycles. The fourth-order valence-corrected chi connectivity index (χ4v) is 3.86. The van der Waals surface area contributed by atoms with E-state index in [1.807, 2.05) is 12.1 Å². The number of amides is 1. The summed E-state index contributed by atoms with van der Waals surface area (Å²) >= 11 is 1.42. The molecule has 7 heteroatoms. The summed E-state index contributed by atoms with van der Waals surface area (Å²) in [7, 11) is 0. The molecule has 2 N–H and O–H groups in total. The fourth-order valence-electron chi connectivity index (χ4n) is 2.85. The van der Waals surface area contributed by atoms with Crippen molar-refractivity contribution < 1.29 is 9.90 Å². The molecule has 1 fully saturated rings. The van der Waals surface area contributed by atoms with Crippen molar-refractivity contribution in [1.29, 1.82) is 0 Å². The third kappa shape index (κ3) is 2.36. The molecular weight excluding hydrogens is 300 g/mol. The van der Waals surface area contributed by atoms with Gasteiger partial charge in [-0.2, -0.15) is 0 Å². The first-order valence-corrected chi connectivity index (χ1v) is 8.20. The number of β-amino-alcohol motifs (C(OH)–C–C–N with tert-alkyl or cyclic N) is 1. The van der Waals surface area contributed by atoms with Gasteiger partial charge in [-0.1, -0.05) is 0 Å². The van der Waals surface area contributed by atoms with Crippen molar-refractivity contribution in [1.82, 2.24) is 15.3 Å². The van der Waals surface area contributed by atoms with E-state index < -0.39 is 0 Å². The highest BCUT2D eigenvalue weighted by Gasteiger charge is 2.23. The number of fused-ring (bicyclic) bond motifs is 1. The molecule has 2 aromatic rings. The van der Waals surface area contributed by atoms with Crippen molar-refractivity contribution in [2.24, 2.45) is 0 Å². The minimum Gasteiger partial charge on any atom is -0.391 e. The molecule has 22 heavy (non-hydrogen) atoms. The van der Waals surface area contributed by atoms with Gasteiger partial charge in [-0.15, -0.1) is 11.3 Å². The zero-order valence-corrected chi connectivity index (χ0v) is 12.8. The lowest BCUT2D eigenvalue weighted by molar-refractivity contribution is 0.0950. The van der Waals surface area contributed by atoms with E-state index in [-0.39, 0.29) is 12.0 Å². The largest absolute Gasteiger partial charge is 0.391 e. The van der Waals surface area contributed by atoms with Crippen molar-refractivity contribution in [2.45, 2.75) is 18.9 Å². The Bertz CT molecular complexity index is 713. The molecule has 0 spiro atoms. The number of aromatic nitrogens is 2. The standard InChI is InChI=1S/C15H16N4O2S/c20-10-4-6-19(8-10)12-2-1-9(7-17-12)15-18-11-3-5-16-14(21)13(11)22-15/h1-2,7,10,20H,3-6,8H2,(H,16,21)/t10-/m1/s1. The monoisotopic (exact) mass is 316 g/mol. The van der Waals surface area contributed by atoms with Crippen LogP contribution in [0.4, 0.5) is 5.82 Å². The molecule has 6 nitrogen and oxygen atoms in total. The van der Waals surface area contributed by atoms with E-state index in [0.717, 1.165) is 41.5 Å². The second-order valence-corrected chi connectivity index (χ2v) is 6.59. The highest BCUT2D eigenvalue weighted by molar-refractivity contribution is 7.17. The molecule has 1 saturated heterocycles. The minimum absolute atomic E-state index is 0.0272.